The third kappa shape index (κ3) is 2.38. The average Bonchev–Trinajstić information content (AvgIpc) is 2.89. The average molecular weight is 288 g/mol. The van der Waals surface area contributed by atoms with E-state index in [2.05, 4.69) is 15.5 Å². The molecule has 0 atom stereocenters. The first-order valence-electron chi connectivity index (χ1n) is 5.95. The molecule has 2 aromatic carbocycles. The molecule has 3 aromatic rings. The fraction of sp³-hybridized carbons (Fsp3) is 0. The molecule has 21 heavy (non-hydrogen) atoms. The highest BCUT2D eigenvalue weighted by Crippen LogP contribution is 2.25. The quantitative estimate of drug-likeness (QED) is 0.701. The third-order valence-corrected chi connectivity index (χ3v) is 2.84. The van der Waals surface area contributed by atoms with E-state index in [0.29, 0.717) is 16.9 Å². The molecule has 0 aliphatic carbocycles. The zero-order valence-corrected chi connectivity index (χ0v) is 10.7. The lowest BCUT2D eigenvalue weighted by Gasteiger charge is -2.07. The number of nitrogens with zero attached hydrogens (tertiary/aromatic N) is 4. The van der Waals surface area contributed by atoms with Crippen LogP contribution in [0.5, 0.6) is 0 Å². The molecule has 0 spiro atoms. The van der Waals surface area contributed by atoms with E-state index in [1.165, 1.54) is 0 Å². The number of tetrazole rings is 1. The van der Waals surface area contributed by atoms with Crippen LogP contribution < -0.4 is 11.5 Å². The van der Waals surface area contributed by atoms with Gasteiger partial charge in [-0.25, -0.2) is 8.78 Å². The number of anilines is 2. The van der Waals surface area contributed by atoms with Crippen LogP contribution in [0.15, 0.2) is 36.4 Å². The maximum absolute atomic E-state index is 13.9. The second-order valence-corrected chi connectivity index (χ2v) is 4.40. The predicted molar refractivity (Wildman–Crippen MR) is 73.3 cm³/mol. The molecule has 6 nitrogen and oxygen atoms in total. The molecule has 0 saturated heterocycles. The minimum absolute atomic E-state index is 0.101. The van der Waals surface area contributed by atoms with Crippen LogP contribution in [0.1, 0.15) is 0 Å². The molecule has 0 radical (unpaired) electrons. The molecule has 0 aliphatic rings. The van der Waals surface area contributed by atoms with Crippen LogP contribution in [0.3, 0.4) is 0 Å². The molecule has 0 fully saturated rings. The van der Waals surface area contributed by atoms with Gasteiger partial charge in [-0.15, -0.1) is 5.10 Å². The summed E-state index contributed by atoms with van der Waals surface area (Å²) in [4.78, 5) is 0. The molecule has 0 aliphatic heterocycles. The Morgan fingerprint density at radius 2 is 1.67 bits per heavy atom. The first kappa shape index (κ1) is 13.0. The van der Waals surface area contributed by atoms with Gasteiger partial charge < -0.3 is 11.5 Å². The number of rotatable bonds is 2. The van der Waals surface area contributed by atoms with Crippen molar-refractivity contribution in [2.24, 2.45) is 0 Å². The zero-order valence-electron chi connectivity index (χ0n) is 10.7. The lowest BCUT2D eigenvalue weighted by Crippen LogP contribution is -2.04. The monoisotopic (exact) mass is 288 g/mol. The molecule has 0 saturated carbocycles. The summed E-state index contributed by atoms with van der Waals surface area (Å²) in [5.74, 6) is -1.04. The molecule has 0 bridgehead atoms. The Labute approximate surface area is 118 Å². The lowest BCUT2D eigenvalue weighted by molar-refractivity contribution is 0.584. The topological polar surface area (TPSA) is 95.6 Å². The van der Waals surface area contributed by atoms with E-state index < -0.39 is 11.6 Å². The Hall–Kier alpha value is -3.03. The number of aromatic nitrogens is 4. The first-order chi connectivity index (χ1) is 10.0. The van der Waals surface area contributed by atoms with Gasteiger partial charge in [0.2, 0.25) is 0 Å². The number of hydrogen-bond donors (Lipinski definition) is 2. The molecule has 8 heteroatoms. The van der Waals surface area contributed by atoms with E-state index in [1.54, 1.807) is 18.2 Å². The molecular weight excluding hydrogens is 278 g/mol. The second kappa shape index (κ2) is 4.82. The summed E-state index contributed by atoms with van der Waals surface area (Å²) < 4.78 is 28.3. The summed E-state index contributed by atoms with van der Waals surface area (Å²) in [6.07, 6.45) is 0. The molecule has 4 N–H and O–H groups in total. The van der Waals surface area contributed by atoms with E-state index in [4.69, 9.17) is 11.5 Å². The summed E-state index contributed by atoms with van der Waals surface area (Å²) in [6, 6.07) is 7.78. The molecule has 3 rings (SSSR count). The van der Waals surface area contributed by atoms with Crippen molar-refractivity contribution < 1.29 is 8.78 Å². The molecule has 1 heterocycles. The molecular formula is C13H10F2N6. The van der Waals surface area contributed by atoms with Gasteiger partial charge in [0, 0.05) is 23.0 Å². The van der Waals surface area contributed by atoms with Gasteiger partial charge in [-0.05, 0) is 40.8 Å². The SMILES string of the molecule is Nc1cc(N)cc(-c2nnnn2-c2cc(F)ccc2F)c1. The minimum atomic E-state index is -0.651. The molecule has 0 unspecified atom stereocenters. The van der Waals surface area contributed by atoms with Crippen LogP contribution in [0.4, 0.5) is 20.2 Å². The van der Waals surface area contributed by atoms with Gasteiger partial charge in [0.15, 0.2) is 5.82 Å². The van der Waals surface area contributed by atoms with E-state index >= 15 is 0 Å². The summed E-state index contributed by atoms with van der Waals surface area (Å²) >= 11 is 0. The van der Waals surface area contributed by atoms with Crippen LogP contribution in [0.25, 0.3) is 17.1 Å². The van der Waals surface area contributed by atoms with E-state index in [9.17, 15) is 8.78 Å². The van der Waals surface area contributed by atoms with Gasteiger partial charge in [0.05, 0.1) is 0 Å². The standard InChI is InChI=1S/C13H10F2N6/c14-8-1-2-11(15)12(5-8)21-13(18-19-20-21)7-3-9(16)6-10(17)4-7/h1-6H,16-17H2. The van der Waals surface area contributed by atoms with Crippen molar-refractivity contribution in [1.82, 2.24) is 20.2 Å². The predicted octanol–water partition coefficient (Wildman–Crippen LogP) is 1.77. The minimum Gasteiger partial charge on any atom is -0.399 e. The number of halogens is 2. The van der Waals surface area contributed by atoms with Gasteiger partial charge in [-0.1, -0.05) is 0 Å². The van der Waals surface area contributed by atoms with Crippen LogP contribution in [0, 0.1) is 11.6 Å². The number of benzene rings is 2. The summed E-state index contributed by atoms with van der Waals surface area (Å²) in [5, 5.41) is 11.0. The van der Waals surface area contributed by atoms with Crippen molar-refractivity contribution in [1.29, 1.82) is 0 Å². The largest absolute Gasteiger partial charge is 0.399 e. The fourth-order valence-electron chi connectivity index (χ4n) is 1.98. The second-order valence-electron chi connectivity index (χ2n) is 4.40. The molecule has 106 valence electrons. The van der Waals surface area contributed by atoms with Crippen molar-refractivity contribution in [3.05, 3.63) is 48.0 Å². The highest BCUT2D eigenvalue weighted by molar-refractivity contribution is 5.68. The van der Waals surface area contributed by atoms with Crippen molar-refractivity contribution in [2.75, 3.05) is 11.5 Å². The Kier molecular flexibility index (Phi) is 2.98. The van der Waals surface area contributed by atoms with Crippen molar-refractivity contribution in [3.63, 3.8) is 0 Å². The Morgan fingerprint density at radius 1 is 0.952 bits per heavy atom. The highest BCUT2D eigenvalue weighted by atomic mass is 19.1. The van der Waals surface area contributed by atoms with E-state index in [1.807, 2.05) is 0 Å². The lowest BCUT2D eigenvalue weighted by atomic mass is 10.1. The Bertz CT molecular complexity index is 794. The van der Waals surface area contributed by atoms with Crippen molar-refractivity contribution >= 4 is 11.4 Å². The van der Waals surface area contributed by atoms with Crippen LogP contribution in [-0.2, 0) is 0 Å². The van der Waals surface area contributed by atoms with E-state index in [0.717, 1.165) is 22.9 Å². The first-order valence-corrected chi connectivity index (χ1v) is 5.95. The van der Waals surface area contributed by atoms with Gasteiger partial charge in [0.25, 0.3) is 0 Å². The molecule has 1 aromatic heterocycles. The van der Waals surface area contributed by atoms with E-state index in [-0.39, 0.29) is 11.5 Å². The summed E-state index contributed by atoms with van der Waals surface area (Å²) in [5.41, 5.74) is 12.7. The summed E-state index contributed by atoms with van der Waals surface area (Å²) in [6.45, 7) is 0. The van der Waals surface area contributed by atoms with Crippen molar-refractivity contribution in [3.8, 4) is 17.1 Å². The van der Waals surface area contributed by atoms with Gasteiger partial charge in [-0.3, -0.25) is 0 Å². The number of hydrogen-bond acceptors (Lipinski definition) is 5. The highest BCUT2D eigenvalue weighted by Gasteiger charge is 2.15. The maximum atomic E-state index is 13.9. The zero-order chi connectivity index (χ0) is 15.0. The maximum Gasteiger partial charge on any atom is 0.187 e. The van der Waals surface area contributed by atoms with Gasteiger partial charge >= 0.3 is 0 Å². The molecule has 0 amide bonds. The van der Waals surface area contributed by atoms with Crippen LogP contribution in [-0.4, -0.2) is 20.2 Å². The normalized spacial score (nSPS) is 10.8. The Morgan fingerprint density at radius 3 is 2.38 bits per heavy atom. The van der Waals surface area contributed by atoms with Crippen LogP contribution in [0.2, 0.25) is 0 Å². The smallest absolute Gasteiger partial charge is 0.187 e. The number of nitrogens with two attached hydrogens (primary N) is 2. The fourth-order valence-corrected chi connectivity index (χ4v) is 1.98. The van der Waals surface area contributed by atoms with Gasteiger partial charge in [-0.2, -0.15) is 4.68 Å². The Balaban J connectivity index is 2.19. The number of nitrogen functional groups attached to an aromatic ring is 2. The van der Waals surface area contributed by atoms with Crippen LogP contribution >= 0.6 is 0 Å². The van der Waals surface area contributed by atoms with Gasteiger partial charge in [0.1, 0.15) is 17.3 Å². The third-order valence-electron chi connectivity index (χ3n) is 2.84. The van der Waals surface area contributed by atoms with Crippen molar-refractivity contribution in [2.45, 2.75) is 0 Å². The summed E-state index contributed by atoms with van der Waals surface area (Å²) in [7, 11) is 0.